The van der Waals surface area contributed by atoms with Gasteiger partial charge in [-0.25, -0.2) is 8.78 Å². The topological polar surface area (TPSA) is 12.5 Å². The van der Waals surface area contributed by atoms with Gasteiger partial charge in [0.05, 0.1) is 0 Å². The van der Waals surface area contributed by atoms with Gasteiger partial charge in [0.25, 0.3) is 0 Å². The lowest BCUT2D eigenvalue weighted by Gasteiger charge is -2.24. The summed E-state index contributed by atoms with van der Waals surface area (Å²) in [5, 5.41) is 0. The highest BCUT2D eigenvalue weighted by atomic mass is 19.1. The summed E-state index contributed by atoms with van der Waals surface area (Å²) < 4.78 is 34.3. The van der Waals surface area contributed by atoms with Crippen LogP contribution in [-0.4, -0.2) is 24.2 Å². The van der Waals surface area contributed by atoms with Crippen LogP contribution in [0, 0.1) is 11.6 Å². The highest BCUT2D eigenvalue weighted by Crippen LogP contribution is 2.28. The van der Waals surface area contributed by atoms with Crippen LogP contribution in [0.15, 0.2) is 42.5 Å². The molecule has 1 fully saturated rings. The van der Waals surface area contributed by atoms with E-state index in [2.05, 4.69) is 4.90 Å². The van der Waals surface area contributed by atoms with Crippen LogP contribution < -0.4 is 4.74 Å². The van der Waals surface area contributed by atoms with Gasteiger partial charge in [0.1, 0.15) is 0 Å². The third-order valence-corrected chi connectivity index (χ3v) is 4.27. The second-order valence-electron chi connectivity index (χ2n) is 5.89. The molecule has 23 heavy (non-hydrogen) atoms. The van der Waals surface area contributed by atoms with Crippen LogP contribution in [0.2, 0.25) is 0 Å². The molecule has 0 N–H and O–H groups in total. The van der Waals surface area contributed by atoms with E-state index < -0.39 is 11.6 Å². The molecule has 3 rings (SSSR count). The summed E-state index contributed by atoms with van der Waals surface area (Å²) >= 11 is 0. The molecule has 122 valence electrons. The van der Waals surface area contributed by atoms with Crippen LogP contribution in [0.3, 0.4) is 0 Å². The SMILES string of the molecule is CCN1CCCC1Oc1c(F)cc(Cc2ccccc2)cc1F. The molecule has 0 bridgehead atoms. The fourth-order valence-electron chi connectivity index (χ4n) is 3.09. The number of benzene rings is 2. The Balaban J connectivity index is 1.77. The molecule has 1 aliphatic heterocycles. The molecule has 1 saturated heterocycles. The van der Waals surface area contributed by atoms with Crippen molar-refractivity contribution in [2.45, 2.75) is 32.4 Å². The Morgan fingerprint density at radius 1 is 1.09 bits per heavy atom. The summed E-state index contributed by atoms with van der Waals surface area (Å²) in [6.07, 6.45) is 2.06. The Labute approximate surface area is 135 Å². The molecule has 0 saturated carbocycles. The van der Waals surface area contributed by atoms with Crippen molar-refractivity contribution in [3.8, 4) is 5.75 Å². The average molecular weight is 317 g/mol. The number of likely N-dealkylation sites (tertiary alicyclic amines) is 1. The van der Waals surface area contributed by atoms with Crippen molar-refractivity contribution in [3.05, 3.63) is 65.2 Å². The molecule has 4 heteroatoms. The van der Waals surface area contributed by atoms with Crippen molar-refractivity contribution >= 4 is 0 Å². The predicted octanol–water partition coefficient (Wildman–Crippen LogP) is 4.38. The van der Waals surface area contributed by atoms with Crippen LogP contribution in [0.25, 0.3) is 0 Å². The minimum atomic E-state index is -0.626. The maximum Gasteiger partial charge on any atom is 0.192 e. The van der Waals surface area contributed by atoms with Crippen molar-refractivity contribution < 1.29 is 13.5 Å². The average Bonchev–Trinajstić information content (AvgIpc) is 2.99. The van der Waals surface area contributed by atoms with Gasteiger partial charge in [0.15, 0.2) is 23.6 Å². The second-order valence-corrected chi connectivity index (χ2v) is 5.89. The lowest BCUT2D eigenvalue weighted by molar-refractivity contribution is 0.0573. The van der Waals surface area contributed by atoms with E-state index in [-0.39, 0.29) is 12.0 Å². The summed E-state index contributed by atoms with van der Waals surface area (Å²) in [6.45, 7) is 3.76. The lowest BCUT2D eigenvalue weighted by atomic mass is 10.0. The zero-order valence-electron chi connectivity index (χ0n) is 13.3. The van der Waals surface area contributed by atoms with E-state index >= 15 is 0 Å². The fraction of sp³-hybridized carbons (Fsp3) is 0.368. The van der Waals surface area contributed by atoms with Gasteiger partial charge in [0, 0.05) is 6.54 Å². The van der Waals surface area contributed by atoms with Crippen LogP contribution in [0.4, 0.5) is 8.78 Å². The number of hydrogen-bond donors (Lipinski definition) is 0. The van der Waals surface area contributed by atoms with Gasteiger partial charge in [-0.05, 0) is 49.1 Å². The molecule has 0 aliphatic carbocycles. The highest BCUT2D eigenvalue weighted by Gasteiger charge is 2.27. The third kappa shape index (κ3) is 3.70. The monoisotopic (exact) mass is 317 g/mol. The van der Waals surface area contributed by atoms with Crippen LogP contribution in [0.1, 0.15) is 30.9 Å². The Hall–Kier alpha value is -1.94. The van der Waals surface area contributed by atoms with Gasteiger partial charge < -0.3 is 4.74 Å². The van der Waals surface area contributed by atoms with Gasteiger partial charge in [-0.3, -0.25) is 4.90 Å². The van der Waals surface area contributed by atoms with E-state index in [0.717, 1.165) is 31.5 Å². The molecule has 0 radical (unpaired) electrons. The Morgan fingerprint density at radius 2 is 1.78 bits per heavy atom. The second kappa shape index (κ2) is 7.09. The number of hydrogen-bond acceptors (Lipinski definition) is 2. The molecule has 1 atom stereocenters. The van der Waals surface area contributed by atoms with Crippen LogP contribution >= 0.6 is 0 Å². The minimum absolute atomic E-state index is 0.232. The molecule has 0 amide bonds. The zero-order chi connectivity index (χ0) is 16.2. The van der Waals surface area contributed by atoms with Gasteiger partial charge in [-0.2, -0.15) is 0 Å². The molecular weight excluding hydrogens is 296 g/mol. The number of ether oxygens (including phenoxy) is 1. The summed E-state index contributed by atoms with van der Waals surface area (Å²) in [7, 11) is 0. The van der Waals surface area contributed by atoms with Gasteiger partial charge in [0.2, 0.25) is 0 Å². The first kappa shape index (κ1) is 15.9. The Morgan fingerprint density at radius 3 is 2.43 bits per heavy atom. The molecule has 2 nitrogen and oxygen atoms in total. The van der Waals surface area contributed by atoms with E-state index in [9.17, 15) is 8.78 Å². The van der Waals surface area contributed by atoms with Crippen molar-refractivity contribution in [1.29, 1.82) is 0 Å². The first-order valence-corrected chi connectivity index (χ1v) is 8.10. The van der Waals surface area contributed by atoms with Crippen molar-refractivity contribution in [2.24, 2.45) is 0 Å². The Bertz CT molecular complexity index is 637. The standard InChI is InChI=1S/C19H21F2NO/c1-2-22-10-6-9-18(22)23-19-16(20)12-15(13-17(19)21)11-14-7-4-3-5-8-14/h3-5,7-8,12-13,18H,2,6,9-11H2,1H3. The first-order valence-electron chi connectivity index (χ1n) is 8.10. The molecule has 0 spiro atoms. The fourth-order valence-corrected chi connectivity index (χ4v) is 3.09. The molecule has 2 aromatic carbocycles. The molecule has 2 aromatic rings. The van der Waals surface area contributed by atoms with E-state index in [1.165, 1.54) is 12.1 Å². The number of halogens is 2. The Kier molecular flexibility index (Phi) is 4.91. The highest BCUT2D eigenvalue weighted by molar-refractivity contribution is 5.34. The summed E-state index contributed by atoms with van der Waals surface area (Å²) in [6, 6.07) is 12.4. The smallest absolute Gasteiger partial charge is 0.192 e. The predicted molar refractivity (Wildman–Crippen MR) is 86.5 cm³/mol. The molecule has 1 unspecified atom stereocenters. The molecular formula is C19H21F2NO. The normalized spacial score (nSPS) is 18.3. The zero-order valence-corrected chi connectivity index (χ0v) is 13.3. The molecule has 1 heterocycles. The third-order valence-electron chi connectivity index (χ3n) is 4.27. The van der Waals surface area contributed by atoms with Crippen molar-refractivity contribution in [1.82, 2.24) is 4.90 Å². The molecule has 1 aliphatic rings. The molecule has 0 aromatic heterocycles. The van der Waals surface area contributed by atoms with E-state index in [1.807, 2.05) is 37.3 Å². The largest absolute Gasteiger partial charge is 0.469 e. The quantitative estimate of drug-likeness (QED) is 0.811. The maximum absolute atomic E-state index is 14.3. The van der Waals surface area contributed by atoms with Gasteiger partial charge >= 0.3 is 0 Å². The summed E-state index contributed by atoms with van der Waals surface area (Å²) in [4.78, 5) is 2.09. The van der Waals surface area contributed by atoms with E-state index in [0.29, 0.717) is 12.0 Å². The van der Waals surface area contributed by atoms with Gasteiger partial charge in [-0.1, -0.05) is 37.3 Å². The van der Waals surface area contributed by atoms with Gasteiger partial charge in [-0.15, -0.1) is 0 Å². The number of nitrogens with zero attached hydrogens (tertiary/aromatic N) is 1. The maximum atomic E-state index is 14.3. The van der Waals surface area contributed by atoms with E-state index in [4.69, 9.17) is 4.74 Å². The lowest BCUT2D eigenvalue weighted by Crippen LogP contribution is -2.34. The van der Waals surface area contributed by atoms with Crippen molar-refractivity contribution in [3.63, 3.8) is 0 Å². The van der Waals surface area contributed by atoms with Crippen LogP contribution in [-0.2, 0) is 6.42 Å². The van der Waals surface area contributed by atoms with E-state index in [1.54, 1.807) is 0 Å². The first-order chi connectivity index (χ1) is 11.2. The van der Waals surface area contributed by atoms with Crippen LogP contribution in [0.5, 0.6) is 5.75 Å². The number of rotatable bonds is 5. The summed E-state index contributed by atoms with van der Waals surface area (Å²) in [5.41, 5.74) is 1.63. The minimum Gasteiger partial charge on any atom is -0.469 e. The van der Waals surface area contributed by atoms with Crippen molar-refractivity contribution in [2.75, 3.05) is 13.1 Å². The summed E-state index contributed by atoms with van der Waals surface area (Å²) in [5.74, 6) is -1.51.